The first-order chi connectivity index (χ1) is 15.2. The lowest BCUT2D eigenvalue weighted by Crippen LogP contribution is -2.34. The fraction of sp³-hybridized carbons (Fsp3) is 0.348. The van der Waals surface area contributed by atoms with Crippen LogP contribution in [0.15, 0.2) is 53.3 Å². The van der Waals surface area contributed by atoms with Gasteiger partial charge in [-0.1, -0.05) is 24.2 Å². The van der Waals surface area contributed by atoms with Crippen molar-refractivity contribution in [2.24, 2.45) is 0 Å². The van der Waals surface area contributed by atoms with Gasteiger partial charge in [0.2, 0.25) is 0 Å². The molecule has 0 fully saturated rings. The molecule has 0 saturated heterocycles. The Morgan fingerprint density at radius 1 is 1.12 bits per heavy atom. The Morgan fingerprint density at radius 2 is 1.88 bits per heavy atom. The van der Waals surface area contributed by atoms with Crippen molar-refractivity contribution in [2.45, 2.75) is 38.8 Å². The SMILES string of the molecule is CCOCC(C)(Cc1cc(C)on1)c1ccnc2c(-c3ccc(C(F)(F)F)cc3)cnn12. The van der Waals surface area contributed by atoms with Gasteiger partial charge in [0.1, 0.15) is 5.76 Å². The van der Waals surface area contributed by atoms with E-state index >= 15 is 0 Å². The average molecular weight is 444 g/mol. The summed E-state index contributed by atoms with van der Waals surface area (Å²) in [6.45, 7) is 6.80. The third-order valence-corrected chi connectivity index (χ3v) is 5.42. The molecule has 0 aliphatic carbocycles. The third kappa shape index (κ3) is 4.25. The predicted molar refractivity (Wildman–Crippen MR) is 112 cm³/mol. The number of benzene rings is 1. The second-order valence-corrected chi connectivity index (χ2v) is 8.00. The topological polar surface area (TPSA) is 65.5 Å². The minimum absolute atomic E-state index is 0.421. The van der Waals surface area contributed by atoms with E-state index < -0.39 is 17.2 Å². The van der Waals surface area contributed by atoms with Gasteiger partial charge in [0.05, 0.1) is 29.8 Å². The lowest BCUT2D eigenvalue weighted by atomic mass is 9.82. The number of halogens is 3. The molecule has 0 N–H and O–H groups in total. The zero-order chi connectivity index (χ0) is 22.9. The molecule has 0 spiro atoms. The van der Waals surface area contributed by atoms with E-state index in [1.807, 2.05) is 26.0 Å². The van der Waals surface area contributed by atoms with E-state index in [0.29, 0.717) is 36.4 Å². The molecule has 4 aromatic rings. The average Bonchev–Trinajstić information content (AvgIpc) is 3.37. The third-order valence-electron chi connectivity index (χ3n) is 5.42. The Balaban J connectivity index is 1.76. The zero-order valence-electron chi connectivity index (χ0n) is 18.0. The monoisotopic (exact) mass is 444 g/mol. The van der Waals surface area contributed by atoms with Crippen molar-refractivity contribution in [1.82, 2.24) is 19.8 Å². The molecule has 6 nitrogen and oxygen atoms in total. The van der Waals surface area contributed by atoms with Crippen molar-refractivity contribution in [3.63, 3.8) is 0 Å². The van der Waals surface area contributed by atoms with Crippen LogP contribution in [0.5, 0.6) is 0 Å². The summed E-state index contributed by atoms with van der Waals surface area (Å²) in [7, 11) is 0. The maximum atomic E-state index is 12.9. The highest BCUT2D eigenvalue weighted by Gasteiger charge is 2.33. The lowest BCUT2D eigenvalue weighted by Gasteiger charge is -2.29. The van der Waals surface area contributed by atoms with Crippen molar-refractivity contribution in [3.8, 4) is 11.1 Å². The molecule has 1 aromatic carbocycles. The summed E-state index contributed by atoms with van der Waals surface area (Å²) >= 11 is 0. The van der Waals surface area contributed by atoms with Crippen molar-refractivity contribution in [3.05, 3.63) is 71.5 Å². The summed E-state index contributed by atoms with van der Waals surface area (Å²) < 4.78 is 51.5. The van der Waals surface area contributed by atoms with Crippen LogP contribution in [0.1, 0.15) is 36.6 Å². The van der Waals surface area contributed by atoms with Crippen LogP contribution in [0.3, 0.4) is 0 Å². The number of aryl methyl sites for hydroxylation is 1. The molecule has 0 amide bonds. The summed E-state index contributed by atoms with van der Waals surface area (Å²) in [5, 5.41) is 8.65. The highest BCUT2D eigenvalue weighted by atomic mass is 19.4. The molecule has 1 atom stereocenters. The highest BCUT2D eigenvalue weighted by Crippen LogP contribution is 2.34. The summed E-state index contributed by atoms with van der Waals surface area (Å²) in [6.07, 6.45) is -0.529. The molecular formula is C23H23F3N4O2. The molecule has 4 rings (SSSR count). The standard InChI is InChI=1S/C23H23F3N4O2/c1-4-31-14-22(3,12-18-11-15(2)32-29-18)20-9-10-27-21-19(13-28-30(20)21)16-5-7-17(8-6-16)23(24,25)26/h5-11,13H,4,12,14H2,1-3H3. The second kappa shape index (κ2) is 8.38. The largest absolute Gasteiger partial charge is 0.416 e. The number of aromatic nitrogens is 4. The summed E-state index contributed by atoms with van der Waals surface area (Å²) in [4.78, 5) is 4.46. The van der Waals surface area contributed by atoms with Gasteiger partial charge in [-0.05, 0) is 37.6 Å². The van der Waals surface area contributed by atoms with E-state index in [9.17, 15) is 13.2 Å². The molecule has 32 heavy (non-hydrogen) atoms. The van der Waals surface area contributed by atoms with Gasteiger partial charge in [-0.2, -0.15) is 18.3 Å². The minimum atomic E-state index is -4.38. The lowest BCUT2D eigenvalue weighted by molar-refractivity contribution is -0.137. The molecule has 3 aromatic heterocycles. The Hall–Kier alpha value is -3.20. The van der Waals surface area contributed by atoms with Crippen LogP contribution < -0.4 is 0 Å². The van der Waals surface area contributed by atoms with Crippen molar-refractivity contribution < 1.29 is 22.4 Å². The zero-order valence-corrected chi connectivity index (χ0v) is 18.0. The molecular weight excluding hydrogens is 421 g/mol. The van der Waals surface area contributed by atoms with E-state index in [1.54, 1.807) is 16.9 Å². The van der Waals surface area contributed by atoms with Gasteiger partial charge in [-0.25, -0.2) is 9.50 Å². The maximum absolute atomic E-state index is 12.9. The van der Waals surface area contributed by atoms with Gasteiger partial charge in [0.25, 0.3) is 0 Å². The van der Waals surface area contributed by atoms with Gasteiger partial charge < -0.3 is 9.26 Å². The molecule has 0 aliphatic rings. The Bertz CT molecular complexity index is 1210. The van der Waals surface area contributed by atoms with E-state index in [2.05, 4.69) is 22.2 Å². The Morgan fingerprint density at radius 3 is 2.50 bits per heavy atom. The van der Waals surface area contributed by atoms with Crippen LogP contribution in [0, 0.1) is 6.92 Å². The van der Waals surface area contributed by atoms with Crippen LogP contribution in [-0.4, -0.2) is 33.0 Å². The van der Waals surface area contributed by atoms with Crippen molar-refractivity contribution >= 4 is 5.65 Å². The summed E-state index contributed by atoms with van der Waals surface area (Å²) in [6, 6.07) is 8.77. The maximum Gasteiger partial charge on any atom is 0.416 e. The number of hydrogen-bond donors (Lipinski definition) is 0. The number of nitrogens with zero attached hydrogens (tertiary/aromatic N) is 4. The van der Waals surface area contributed by atoms with Gasteiger partial charge in [-0.3, -0.25) is 0 Å². The van der Waals surface area contributed by atoms with Crippen LogP contribution in [0.2, 0.25) is 0 Å². The smallest absolute Gasteiger partial charge is 0.381 e. The van der Waals surface area contributed by atoms with E-state index in [-0.39, 0.29) is 0 Å². The molecule has 168 valence electrons. The van der Waals surface area contributed by atoms with Crippen LogP contribution in [0.25, 0.3) is 16.8 Å². The number of hydrogen-bond acceptors (Lipinski definition) is 5. The summed E-state index contributed by atoms with van der Waals surface area (Å²) in [5.74, 6) is 0.724. The fourth-order valence-corrected chi connectivity index (χ4v) is 3.83. The predicted octanol–water partition coefficient (Wildman–Crippen LogP) is 5.25. The highest BCUT2D eigenvalue weighted by molar-refractivity contribution is 5.77. The van der Waals surface area contributed by atoms with Crippen LogP contribution in [-0.2, 0) is 22.7 Å². The van der Waals surface area contributed by atoms with Gasteiger partial charge in [-0.15, -0.1) is 0 Å². The van der Waals surface area contributed by atoms with E-state index in [0.717, 1.165) is 29.3 Å². The van der Waals surface area contributed by atoms with E-state index in [4.69, 9.17) is 9.26 Å². The van der Waals surface area contributed by atoms with Gasteiger partial charge >= 0.3 is 6.18 Å². The Kier molecular flexibility index (Phi) is 5.77. The normalized spacial score (nSPS) is 14.1. The molecule has 1 unspecified atom stereocenters. The second-order valence-electron chi connectivity index (χ2n) is 8.00. The first-order valence-electron chi connectivity index (χ1n) is 10.2. The molecule has 0 aliphatic heterocycles. The van der Waals surface area contributed by atoms with E-state index in [1.165, 1.54) is 12.1 Å². The fourth-order valence-electron chi connectivity index (χ4n) is 3.83. The first kappa shape index (κ1) is 22.0. The molecule has 3 heterocycles. The van der Waals surface area contributed by atoms with Crippen LogP contribution in [0.4, 0.5) is 13.2 Å². The number of ether oxygens (including phenoxy) is 1. The quantitative estimate of drug-likeness (QED) is 0.390. The molecule has 9 heteroatoms. The van der Waals surface area contributed by atoms with Crippen LogP contribution >= 0.6 is 0 Å². The van der Waals surface area contributed by atoms with Crippen molar-refractivity contribution in [1.29, 1.82) is 0 Å². The van der Waals surface area contributed by atoms with Gasteiger partial charge in [0.15, 0.2) is 5.65 Å². The summed E-state index contributed by atoms with van der Waals surface area (Å²) in [5.41, 5.74) is 2.27. The number of fused-ring (bicyclic) bond motifs is 1. The molecule has 0 bridgehead atoms. The number of rotatable bonds is 7. The van der Waals surface area contributed by atoms with Gasteiger partial charge in [0, 0.05) is 36.3 Å². The van der Waals surface area contributed by atoms with Crippen molar-refractivity contribution in [2.75, 3.05) is 13.2 Å². The Labute approximate surface area is 183 Å². The minimum Gasteiger partial charge on any atom is -0.381 e. The number of alkyl halides is 3. The molecule has 0 radical (unpaired) electrons. The molecule has 0 saturated carbocycles. The first-order valence-corrected chi connectivity index (χ1v) is 10.2.